The second-order valence-electron chi connectivity index (χ2n) is 6.23. The fourth-order valence-electron chi connectivity index (χ4n) is 3.09. The quantitative estimate of drug-likeness (QED) is 0.847. The molecule has 2 aromatic rings. The number of hydrogen-bond donors (Lipinski definition) is 2. The lowest BCUT2D eigenvalue weighted by molar-refractivity contribution is -0.132. The number of carbonyl (C=O) groups is 1. The van der Waals surface area contributed by atoms with Crippen molar-refractivity contribution in [1.82, 2.24) is 19.6 Å². The van der Waals surface area contributed by atoms with Gasteiger partial charge in [0.15, 0.2) is 0 Å². The molecule has 0 radical (unpaired) electrons. The summed E-state index contributed by atoms with van der Waals surface area (Å²) >= 11 is 0. The Kier molecular flexibility index (Phi) is 4.86. The van der Waals surface area contributed by atoms with Crippen molar-refractivity contribution in [3.05, 3.63) is 30.1 Å². The van der Waals surface area contributed by atoms with Crippen molar-refractivity contribution in [2.75, 3.05) is 25.9 Å². The van der Waals surface area contributed by atoms with Gasteiger partial charge >= 0.3 is 0 Å². The highest BCUT2D eigenvalue weighted by atomic mass is 32.2. The van der Waals surface area contributed by atoms with Crippen LogP contribution in [-0.4, -0.2) is 55.1 Å². The van der Waals surface area contributed by atoms with Gasteiger partial charge in [0.25, 0.3) is 0 Å². The second-order valence-corrected chi connectivity index (χ2v) is 8.07. The van der Waals surface area contributed by atoms with E-state index in [0.717, 1.165) is 36.0 Å². The maximum atomic E-state index is 12.3. The van der Waals surface area contributed by atoms with Crippen molar-refractivity contribution in [2.45, 2.75) is 25.2 Å². The fourth-order valence-corrected chi connectivity index (χ4v) is 3.57. The summed E-state index contributed by atoms with van der Waals surface area (Å²) < 4.78 is 24.5. The Balaban J connectivity index is 1.62. The lowest BCUT2D eigenvalue weighted by Gasteiger charge is -2.32. The molecule has 1 aromatic carbocycles. The van der Waals surface area contributed by atoms with E-state index in [-0.39, 0.29) is 24.8 Å². The van der Waals surface area contributed by atoms with E-state index in [0.29, 0.717) is 13.1 Å². The molecule has 130 valence electrons. The first-order chi connectivity index (χ1) is 11.4. The van der Waals surface area contributed by atoms with E-state index in [2.05, 4.69) is 14.7 Å². The molecule has 1 unspecified atom stereocenters. The molecule has 1 fully saturated rings. The SMILES string of the molecule is CS(=O)(=O)NCCC(=O)N1CCCC(c2nc3ccccc3[nH]2)C1. The van der Waals surface area contributed by atoms with E-state index in [1.54, 1.807) is 0 Å². The van der Waals surface area contributed by atoms with Gasteiger partial charge in [-0.2, -0.15) is 0 Å². The number of imidazole rings is 1. The third-order valence-electron chi connectivity index (χ3n) is 4.27. The van der Waals surface area contributed by atoms with Crippen LogP contribution in [0.5, 0.6) is 0 Å². The number of nitrogens with one attached hydrogen (secondary N) is 2. The maximum absolute atomic E-state index is 12.3. The zero-order chi connectivity index (χ0) is 17.2. The number of sulfonamides is 1. The monoisotopic (exact) mass is 350 g/mol. The third-order valence-corrected chi connectivity index (χ3v) is 5.00. The Bertz CT molecular complexity index is 798. The van der Waals surface area contributed by atoms with Crippen LogP contribution in [0.25, 0.3) is 11.0 Å². The Morgan fingerprint density at radius 1 is 1.42 bits per heavy atom. The fraction of sp³-hybridized carbons (Fsp3) is 0.500. The number of piperidine rings is 1. The van der Waals surface area contributed by atoms with E-state index in [1.165, 1.54) is 0 Å². The maximum Gasteiger partial charge on any atom is 0.223 e. The van der Waals surface area contributed by atoms with Crippen molar-refractivity contribution in [2.24, 2.45) is 0 Å². The third kappa shape index (κ3) is 4.12. The molecule has 7 nitrogen and oxygen atoms in total. The molecule has 1 aromatic heterocycles. The van der Waals surface area contributed by atoms with E-state index < -0.39 is 10.0 Å². The lowest BCUT2D eigenvalue weighted by Crippen LogP contribution is -2.40. The molecule has 2 heterocycles. The summed E-state index contributed by atoms with van der Waals surface area (Å²) in [6.07, 6.45) is 3.19. The molecule has 24 heavy (non-hydrogen) atoms. The van der Waals surface area contributed by atoms with Crippen molar-refractivity contribution in [1.29, 1.82) is 0 Å². The van der Waals surface area contributed by atoms with Gasteiger partial charge in [-0.25, -0.2) is 18.1 Å². The smallest absolute Gasteiger partial charge is 0.223 e. The predicted octanol–water partition coefficient (Wildman–Crippen LogP) is 1.21. The molecule has 0 spiro atoms. The van der Waals surface area contributed by atoms with Gasteiger partial charge in [-0.05, 0) is 25.0 Å². The highest BCUT2D eigenvalue weighted by Gasteiger charge is 2.26. The number of aromatic amines is 1. The summed E-state index contributed by atoms with van der Waals surface area (Å²) in [4.78, 5) is 22.1. The Hall–Kier alpha value is -1.93. The molecule has 0 saturated carbocycles. The van der Waals surface area contributed by atoms with Gasteiger partial charge in [0, 0.05) is 32.0 Å². The van der Waals surface area contributed by atoms with Crippen LogP contribution in [0, 0.1) is 0 Å². The molecular weight excluding hydrogens is 328 g/mol. The molecule has 0 bridgehead atoms. The van der Waals surface area contributed by atoms with E-state index in [4.69, 9.17) is 0 Å². The first-order valence-electron chi connectivity index (χ1n) is 8.09. The van der Waals surface area contributed by atoms with Gasteiger partial charge in [-0.3, -0.25) is 4.79 Å². The topological polar surface area (TPSA) is 95.2 Å². The highest BCUT2D eigenvalue weighted by Crippen LogP contribution is 2.26. The molecular formula is C16H22N4O3S. The number of rotatable bonds is 5. The average Bonchev–Trinajstić information content (AvgIpc) is 2.98. The van der Waals surface area contributed by atoms with Crippen LogP contribution in [0.15, 0.2) is 24.3 Å². The van der Waals surface area contributed by atoms with E-state index >= 15 is 0 Å². The number of hydrogen-bond acceptors (Lipinski definition) is 4. The number of benzene rings is 1. The minimum Gasteiger partial charge on any atom is -0.342 e. The normalized spacial score (nSPS) is 18.9. The van der Waals surface area contributed by atoms with Crippen LogP contribution in [0.2, 0.25) is 0 Å². The molecule has 2 N–H and O–H groups in total. The first-order valence-corrected chi connectivity index (χ1v) is 9.98. The Morgan fingerprint density at radius 3 is 2.96 bits per heavy atom. The van der Waals surface area contributed by atoms with Gasteiger partial charge in [0.2, 0.25) is 15.9 Å². The summed E-state index contributed by atoms with van der Waals surface area (Å²) in [5, 5.41) is 0. The predicted molar refractivity (Wildman–Crippen MR) is 92.1 cm³/mol. The van der Waals surface area contributed by atoms with Crippen LogP contribution in [0.3, 0.4) is 0 Å². The lowest BCUT2D eigenvalue weighted by atomic mass is 9.97. The minimum atomic E-state index is -3.25. The van der Waals surface area contributed by atoms with Crippen molar-refractivity contribution in [3.8, 4) is 0 Å². The van der Waals surface area contributed by atoms with E-state index in [9.17, 15) is 13.2 Å². The van der Waals surface area contributed by atoms with Crippen molar-refractivity contribution in [3.63, 3.8) is 0 Å². The number of amides is 1. The van der Waals surface area contributed by atoms with Crippen LogP contribution >= 0.6 is 0 Å². The van der Waals surface area contributed by atoms with Crippen LogP contribution < -0.4 is 4.72 Å². The van der Waals surface area contributed by atoms with Crippen molar-refractivity contribution >= 4 is 27.0 Å². The van der Waals surface area contributed by atoms with Crippen LogP contribution in [-0.2, 0) is 14.8 Å². The van der Waals surface area contributed by atoms with Crippen LogP contribution in [0.1, 0.15) is 31.0 Å². The summed E-state index contributed by atoms with van der Waals surface area (Å²) in [7, 11) is -3.25. The van der Waals surface area contributed by atoms with E-state index in [1.807, 2.05) is 29.2 Å². The number of para-hydroxylation sites is 2. The molecule has 3 rings (SSSR count). The Morgan fingerprint density at radius 2 is 2.21 bits per heavy atom. The molecule has 1 saturated heterocycles. The summed E-state index contributed by atoms with van der Waals surface area (Å²) in [6, 6.07) is 7.89. The number of likely N-dealkylation sites (tertiary alicyclic amines) is 1. The molecule has 1 aliphatic heterocycles. The summed E-state index contributed by atoms with van der Waals surface area (Å²) in [6.45, 7) is 1.48. The summed E-state index contributed by atoms with van der Waals surface area (Å²) in [5.74, 6) is 1.09. The van der Waals surface area contributed by atoms with Gasteiger partial charge in [0.1, 0.15) is 5.82 Å². The largest absolute Gasteiger partial charge is 0.342 e. The minimum absolute atomic E-state index is 0.0213. The number of aromatic nitrogens is 2. The highest BCUT2D eigenvalue weighted by molar-refractivity contribution is 7.88. The zero-order valence-corrected chi connectivity index (χ0v) is 14.5. The standard InChI is InChI=1S/C16H22N4O3S/c1-24(22,23)17-9-8-15(21)20-10-4-5-12(11-20)16-18-13-6-2-3-7-14(13)19-16/h2-3,6-7,12,17H,4-5,8-11H2,1H3,(H,18,19). The average molecular weight is 350 g/mol. The molecule has 8 heteroatoms. The Labute approximate surface area is 141 Å². The molecule has 0 aliphatic carbocycles. The first kappa shape index (κ1) is 16.9. The molecule has 1 amide bonds. The number of nitrogens with zero attached hydrogens (tertiary/aromatic N) is 2. The number of H-pyrrole nitrogens is 1. The molecule has 1 atom stereocenters. The number of fused-ring (bicyclic) bond motifs is 1. The zero-order valence-electron chi connectivity index (χ0n) is 13.7. The van der Waals surface area contributed by atoms with Crippen molar-refractivity contribution < 1.29 is 13.2 Å². The second kappa shape index (κ2) is 6.90. The van der Waals surface area contributed by atoms with Gasteiger partial charge in [0.05, 0.1) is 17.3 Å². The van der Waals surface area contributed by atoms with Crippen LogP contribution in [0.4, 0.5) is 0 Å². The van der Waals surface area contributed by atoms with Gasteiger partial charge in [-0.15, -0.1) is 0 Å². The molecule has 1 aliphatic rings. The summed E-state index contributed by atoms with van der Waals surface area (Å²) in [5.41, 5.74) is 1.95. The number of carbonyl (C=O) groups excluding carboxylic acids is 1. The van der Waals surface area contributed by atoms with Gasteiger partial charge in [-0.1, -0.05) is 12.1 Å². The van der Waals surface area contributed by atoms with Gasteiger partial charge < -0.3 is 9.88 Å².